The minimum absolute atomic E-state index is 0. The van der Waals surface area contributed by atoms with E-state index in [2.05, 4.69) is 15.6 Å². The molecule has 9 heteroatoms. The lowest BCUT2D eigenvalue weighted by Gasteiger charge is -2.16. The van der Waals surface area contributed by atoms with Gasteiger partial charge in [-0.1, -0.05) is 24.3 Å². The van der Waals surface area contributed by atoms with Crippen LogP contribution in [0.1, 0.15) is 29.5 Å². The van der Waals surface area contributed by atoms with Crippen molar-refractivity contribution in [3.63, 3.8) is 0 Å². The maximum atomic E-state index is 11.9. The number of anilines is 1. The number of aliphatic imine (C=N–C) groups is 1. The Hall–Kier alpha value is -2.14. The van der Waals surface area contributed by atoms with Crippen LogP contribution in [0.2, 0.25) is 0 Å². The number of benzene rings is 2. The van der Waals surface area contributed by atoms with Crippen LogP contribution in [-0.2, 0) is 27.7 Å². The third-order valence-electron chi connectivity index (χ3n) is 5.10. The Morgan fingerprint density at radius 2 is 1.68 bits per heavy atom. The molecule has 1 saturated heterocycles. The van der Waals surface area contributed by atoms with Crippen LogP contribution in [0.5, 0.6) is 0 Å². The second-order valence-corrected chi connectivity index (χ2v) is 9.45. The predicted octanol–water partition coefficient (Wildman–Crippen LogP) is 3.01. The number of halogens is 1. The highest BCUT2D eigenvalue weighted by molar-refractivity contribution is 14.0. The molecule has 0 aliphatic carbocycles. The summed E-state index contributed by atoms with van der Waals surface area (Å²) in [5, 5.41) is 6.51. The molecule has 1 aliphatic rings. The minimum Gasteiger partial charge on any atom is -0.352 e. The highest BCUT2D eigenvalue weighted by atomic mass is 127. The molecule has 0 bridgehead atoms. The first-order valence-electron chi connectivity index (χ1n) is 9.91. The second-order valence-electron chi connectivity index (χ2n) is 7.47. The molecule has 31 heavy (non-hydrogen) atoms. The van der Waals surface area contributed by atoms with E-state index in [0.717, 1.165) is 35.3 Å². The Morgan fingerprint density at radius 1 is 1.06 bits per heavy atom. The van der Waals surface area contributed by atoms with E-state index in [1.165, 1.54) is 6.26 Å². The van der Waals surface area contributed by atoms with Gasteiger partial charge in [0.2, 0.25) is 5.91 Å². The first-order chi connectivity index (χ1) is 14.3. The second kappa shape index (κ2) is 10.9. The van der Waals surface area contributed by atoms with Gasteiger partial charge in [-0.05, 0) is 48.2 Å². The Kier molecular flexibility index (Phi) is 8.87. The summed E-state index contributed by atoms with van der Waals surface area (Å²) < 4.78 is 23.5. The fourth-order valence-corrected chi connectivity index (χ4v) is 4.50. The van der Waals surface area contributed by atoms with Gasteiger partial charge >= 0.3 is 0 Å². The summed E-state index contributed by atoms with van der Waals surface area (Å²) in [6.07, 6.45) is 2.76. The topological polar surface area (TPSA) is 90.9 Å². The van der Waals surface area contributed by atoms with E-state index >= 15 is 0 Å². The van der Waals surface area contributed by atoms with Gasteiger partial charge in [0.25, 0.3) is 0 Å². The number of rotatable bonds is 6. The number of nitrogens with zero attached hydrogens (tertiary/aromatic N) is 2. The summed E-state index contributed by atoms with van der Waals surface area (Å²) in [7, 11) is -1.51. The van der Waals surface area contributed by atoms with Crippen molar-refractivity contribution < 1.29 is 13.2 Å². The molecular weight excluding hydrogens is 527 g/mol. The van der Waals surface area contributed by atoms with Crippen LogP contribution in [0.15, 0.2) is 52.4 Å². The molecule has 0 unspecified atom stereocenters. The van der Waals surface area contributed by atoms with Crippen molar-refractivity contribution in [2.24, 2.45) is 4.99 Å². The van der Waals surface area contributed by atoms with Crippen LogP contribution in [0, 0.1) is 6.92 Å². The summed E-state index contributed by atoms with van der Waals surface area (Å²) in [4.78, 5) is 18.3. The lowest BCUT2D eigenvalue weighted by Crippen LogP contribution is -2.36. The van der Waals surface area contributed by atoms with Gasteiger partial charge in [0, 0.05) is 45.0 Å². The van der Waals surface area contributed by atoms with Crippen molar-refractivity contribution in [2.45, 2.75) is 37.8 Å². The van der Waals surface area contributed by atoms with Crippen LogP contribution < -0.4 is 15.5 Å². The summed E-state index contributed by atoms with van der Waals surface area (Å²) >= 11 is 0. The fraction of sp³-hybridized carbons (Fsp3) is 0.364. The molecule has 7 nitrogen and oxygen atoms in total. The first kappa shape index (κ1) is 25.1. The number of carbonyl (C=O) groups is 1. The van der Waals surface area contributed by atoms with E-state index in [-0.39, 0.29) is 29.9 Å². The van der Waals surface area contributed by atoms with Crippen molar-refractivity contribution in [3.05, 3.63) is 59.2 Å². The zero-order chi connectivity index (χ0) is 21.7. The molecular formula is C22H29IN4O3S. The van der Waals surface area contributed by atoms with Crippen LogP contribution in [-0.4, -0.2) is 40.1 Å². The van der Waals surface area contributed by atoms with Crippen molar-refractivity contribution in [1.82, 2.24) is 10.6 Å². The molecule has 168 valence electrons. The maximum Gasteiger partial charge on any atom is 0.227 e. The molecule has 3 rings (SSSR count). The van der Waals surface area contributed by atoms with Crippen LogP contribution in [0.4, 0.5) is 5.69 Å². The average Bonchev–Trinajstić information content (AvgIpc) is 3.13. The van der Waals surface area contributed by atoms with Crippen LogP contribution >= 0.6 is 24.0 Å². The predicted molar refractivity (Wildman–Crippen MR) is 135 cm³/mol. The number of aryl methyl sites for hydroxylation is 1. The number of hydrogen-bond acceptors (Lipinski definition) is 4. The lowest BCUT2D eigenvalue weighted by molar-refractivity contribution is -0.117. The van der Waals surface area contributed by atoms with Crippen LogP contribution in [0.3, 0.4) is 0 Å². The van der Waals surface area contributed by atoms with Gasteiger partial charge in [-0.3, -0.25) is 9.79 Å². The van der Waals surface area contributed by atoms with E-state index in [1.54, 1.807) is 20.0 Å². The molecule has 1 heterocycles. The van der Waals surface area contributed by atoms with Gasteiger partial charge in [0.1, 0.15) is 0 Å². The molecule has 1 aliphatic heterocycles. The number of carbonyl (C=O) groups excluding carboxylic acids is 1. The Balaban J connectivity index is 0.00000341. The molecule has 0 atom stereocenters. The summed E-state index contributed by atoms with van der Waals surface area (Å²) in [5.74, 6) is 0.837. The molecule has 0 saturated carbocycles. The van der Waals surface area contributed by atoms with Gasteiger partial charge in [0.05, 0.1) is 4.90 Å². The average molecular weight is 556 g/mol. The smallest absolute Gasteiger partial charge is 0.227 e. The number of guanidine groups is 1. The maximum absolute atomic E-state index is 11.9. The third-order valence-corrected chi connectivity index (χ3v) is 6.36. The lowest BCUT2D eigenvalue weighted by atomic mass is 10.1. The zero-order valence-corrected chi connectivity index (χ0v) is 21.2. The van der Waals surface area contributed by atoms with E-state index in [9.17, 15) is 13.2 Å². The standard InChI is InChI=1S/C22H28N4O3S.HI/c1-16-13-18(8-11-20(16)30(3,28)29)15-25-22(23-2)24-14-17-6-9-19(10-7-17)26-12-4-5-21(26)27;/h6-11,13H,4-5,12,14-15H2,1-3H3,(H2,23,24,25);1H. The minimum atomic E-state index is -3.22. The SMILES string of the molecule is CN=C(NCc1ccc(N2CCCC2=O)cc1)NCc1ccc(S(C)(=O)=O)c(C)c1.I. The van der Waals surface area contributed by atoms with Crippen molar-refractivity contribution in [2.75, 3.05) is 24.7 Å². The first-order valence-corrected chi connectivity index (χ1v) is 11.8. The van der Waals surface area contributed by atoms with Gasteiger partial charge in [0.15, 0.2) is 15.8 Å². The summed E-state index contributed by atoms with van der Waals surface area (Å²) in [5.41, 5.74) is 3.73. The quantitative estimate of drug-likeness (QED) is 0.325. The molecule has 0 spiro atoms. The number of nitrogens with one attached hydrogen (secondary N) is 2. The van der Waals surface area contributed by atoms with E-state index in [1.807, 2.05) is 41.3 Å². The summed E-state index contributed by atoms with van der Waals surface area (Å²) in [6, 6.07) is 13.3. The molecule has 0 aromatic heterocycles. The van der Waals surface area contributed by atoms with E-state index in [4.69, 9.17) is 0 Å². The molecule has 2 N–H and O–H groups in total. The Morgan fingerprint density at radius 3 is 2.19 bits per heavy atom. The van der Waals surface area contributed by atoms with E-state index < -0.39 is 9.84 Å². The Labute approximate surface area is 201 Å². The van der Waals surface area contributed by atoms with Crippen molar-refractivity contribution in [3.8, 4) is 0 Å². The monoisotopic (exact) mass is 556 g/mol. The number of amides is 1. The molecule has 0 radical (unpaired) electrons. The summed E-state index contributed by atoms with van der Waals surface area (Å²) in [6.45, 7) is 3.71. The van der Waals surface area contributed by atoms with E-state index in [0.29, 0.717) is 30.4 Å². The molecule has 2 aromatic rings. The number of sulfone groups is 1. The van der Waals surface area contributed by atoms with Gasteiger partial charge < -0.3 is 15.5 Å². The Bertz CT molecular complexity index is 1050. The largest absolute Gasteiger partial charge is 0.352 e. The third kappa shape index (κ3) is 6.67. The van der Waals surface area contributed by atoms with Gasteiger partial charge in [-0.15, -0.1) is 24.0 Å². The van der Waals surface area contributed by atoms with Gasteiger partial charge in [-0.25, -0.2) is 8.42 Å². The highest BCUT2D eigenvalue weighted by Gasteiger charge is 2.21. The number of hydrogen-bond donors (Lipinski definition) is 2. The zero-order valence-electron chi connectivity index (χ0n) is 18.0. The molecule has 1 amide bonds. The normalized spacial score (nSPS) is 14.4. The fourth-order valence-electron chi connectivity index (χ4n) is 3.54. The molecule has 2 aromatic carbocycles. The van der Waals surface area contributed by atoms with Gasteiger partial charge in [-0.2, -0.15) is 0 Å². The molecule has 1 fully saturated rings. The van der Waals surface area contributed by atoms with Crippen LogP contribution in [0.25, 0.3) is 0 Å². The van der Waals surface area contributed by atoms with Crippen molar-refractivity contribution in [1.29, 1.82) is 0 Å². The highest BCUT2D eigenvalue weighted by Crippen LogP contribution is 2.21. The van der Waals surface area contributed by atoms with Crippen molar-refractivity contribution >= 4 is 51.4 Å².